The van der Waals surface area contributed by atoms with Crippen molar-refractivity contribution in [2.24, 2.45) is 0 Å². The standard InChI is InChI=1S/C19H20N4O/c1-13-4-2-5-15-17(13)21-12-22-19(15)23-16-6-3-11-24-18(16)14-7-9-20-10-8-14/h2,4-5,7-10,12,16,18H,3,6,11H2,1H3,(H,21,22,23)/t16-,18+/m0/s1. The fourth-order valence-corrected chi connectivity index (χ4v) is 3.34. The van der Waals surface area contributed by atoms with Crippen molar-refractivity contribution in [2.45, 2.75) is 31.9 Å². The van der Waals surface area contributed by atoms with Gasteiger partial charge in [-0.15, -0.1) is 0 Å². The fraction of sp³-hybridized carbons (Fsp3) is 0.316. The van der Waals surface area contributed by atoms with Crippen molar-refractivity contribution in [2.75, 3.05) is 11.9 Å². The summed E-state index contributed by atoms with van der Waals surface area (Å²) in [4.78, 5) is 13.0. The van der Waals surface area contributed by atoms with Crippen molar-refractivity contribution in [3.05, 3.63) is 60.2 Å². The van der Waals surface area contributed by atoms with Gasteiger partial charge in [0.1, 0.15) is 18.2 Å². The third-order valence-corrected chi connectivity index (χ3v) is 4.55. The fourth-order valence-electron chi connectivity index (χ4n) is 3.34. The van der Waals surface area contributed by atoms with E-state index < -0.39 is 0 Å². The Labute approximate surface area is 141 Å². The van der Waals surface area contributed by atoms with Gasteiger partial charge in [-0.25, -0.2) is 9.97 Å². The lowest BCUT2D eigenvalue weighted by Crippen LogP contribution is -2.34. The normalized spacial score (nSPS) is 20.9. The number of benzene rings is 1. The highest BCUT2D eigenvalue weighted by molar-refractivity contribution is 5.90. The second-order valence-corrected chi connectivity index (χ2v) is 6.16. The van der Waals surface area contributed by atoms with E-state index in [2.05, 4.69) is 39.3 Å². The van der Waals surface area contributed by atoms with Crippen LogP contribution in [0.2, 0.25) is 0 Å². The van der Waals surface area contributed by atoms with Gasteiger partial charge in [0, 0.05) is 24.4 Å². The van der Waals surface area contributed by atoms with Crippen LogP contribution in [-0.4, -0.2) is 27.6 Å². The molecule has 0 saturated carbocycles. The van der Waals surface area contributed by atoms with E-state index in [1.54, 1.807) is 6.33 Å². The van der Waals surface area contributed by atoms with Crippen LogP contribution in [0.3, 0.4) is 0 Å². The smallest absolute Gasteiger partial charge is 0.137 e. The second-order valence-electron chi connectivity index (χ2n) is 6.16. The average Bonchev–Trinajstić information content (AvgIpc) is 2.64. The Kier molecular flexibility index (Phi) is 4.09. The Hall–Kier alpha value is -2.53. The maximum atomic E-state index is 6.05. The number of hydrogen-bond donors (Lipinski definition) is 1. The molecule has 1 aliphatic rings. The van der Waals surface area contributed by atoms with Crippen LogP contribution in [0.4, 0.5) is 5.82 Å². The lowest BCUT2D eigenvalue weighted by molar-refractivity contribution is 0.00554. The summed E-state index contributed by atoms with van der Waals surface area (Å²) in [5.74, 6) is 0.873. The zero-order valence-electron chi connectivity index (χ0n) is 13.6. The van der Waals surface area contributed by atoms with E-state index in [0.29, 0.717) is 0 Å². The van der Waals surface area contributed by atoms with E-state index in [4.69, 9.17) is 4.74 Å². The minimum atomic E-state index is 0.0107. The first-order valence-electron chi connectivity index (χ1n) is 8.31. The van der Waals surface area contributed by atoms with Gasteiger partial charge in [-0.3, -0.25) is 4.98 Å². The van der Waals surface area contributed by atoms with Crippen LogP contribution in [-0.2, 0) is 4.74 Å². The van der Waals surface area contributed by atoms with E-state index >= 15 is 0 Å². The zero-order valence-corrected chi connectivity index (χ0v) is 13.6. The van der Waals surface area contributed by atoms with Crippen LogP contribution in [0.1, 0.15) is 30.1 Å². The molecule has 1 N–H and O–H groups in total. The predicted octanol–water partition coefficient (Wildman–Crippen LogP) is 3.67. The lowest BCUT2D eigenvalue weighted by Gasteiger charge is -2.33. The Morgan fingerprint density at radius 2 is 2.00 bits per heavy atom. The maximum absolute atomic E-state index is 6.05. The molecular weight excluding hydrogens is 300 g/mol. The van der Waals surface area contributed by atoms with Gasteiger partial charge in [0.15, 0.2) is 0 Å². The first-order chi connectivity index (χ1) is 11.8. The van der Waals surface area contributed by atoms with Crippen LogP contribution in [0, 0.1) is 6.92 Å². The molecule has 0 radical (unpaired) electrons. The number of anilines is 1. The molecule has 5 heteroatoms. The molecule has 3 heterocycles. The lowest BCUT2D eigenvalue weighted by atomic mass is 9.96. The maximum Gasteiger partial charge on any atom is 0.137 e. The number of para-hydroxylation sites is 1. The number of rotatable bonds is 3. The molecule has 0 aliphatic carbocycles. The summed E-state index contributed by atoms with van der Waals surface area (Å²) >= 11 is 0. The van der Waals surface area contributed by atoms with Crippen LogP contribution >= 0.6 is 0 Å². The van der Waals surface area contributed by atoms with E-state index in [1.807, 2.05) is 30.6 Å². The van der Waals surface area contributed by atoms with Crippen LogP contribution in [0.5, 0.6) is 0 Å². The molecule has 3 aromatic rings. The third-order valence-electron chi connectivity index (χ3n) is 4.55. The van der Waals surface area contributed by atoms with Gasteiger partial charge in [0.2, 0.25) is 0 Å². The van der Waals surface area contributed by atoms with Gasteiger partial charge in [-0.05, 0) is 49.1 Å². The van der Waals surface area contributed by atoms with Crippen LogP contribution < -0.4 is 5.32 Å². The summed E-state index contributed by atoms with van der Waals surface area (Å²) in [6, 6.07) is 10.4. The highest BCUT2D eigenvalue weighted by Gasteiger charge is 2.28. The monoisotopic (exact) mass is 320 g/mol. The summed E-state index contributed by atoms with van der Waals surface area (Å²) in [7, 11) is 0. The molecule has 5 nitrogen and oxygen atoms in total. The van der Waals surface area contributed by atoms with Crippen LogP contribution in [0.25, 0.3) is 10.9 Å². The molecule has 1 fully saturated rings. The summed E-state index contributed by atoms with van der Waals surface area (Å²) in [5.41, 5.74) is 3.30. The Bertz CT molecular complexity index is 837. The molecule has 122 valence electrons. The van der Waals surface area contributed by atoms with Crippen molar-refractivity contribution in [1.82, 2.24) is 15.0 Å². The van der Waals surface area contributed by atoms with Gasteiger partial charge in [0.05, 0.1) is 11.6 Å². The van der Waals surface area contributed by atoms with Gasteiger partial charge in [-0.2, -0.15) is 0 Å². The number of nitrogens with one attached hydrogen (secondary N) is 1. The predicted molar refractivity (Wildman–Crippen MR) is 93.8 cm³/mol. The highest BCUT2D eigenvalue weighted by Crippen LogP contribution is 2.32. The molecule has 0 unspecified atom stereocenters. The average molecular weight is 320 g/mol. The minimum absolute atomic E-state index is 0.0107. The van der Waals surface area contributed by atoms with E-state index in [0.717, 1.165) is 47.3 Å². The first-order valence-corrected chi connectivity index (χ1v) is 8.31. The third kappa shape index (κ3) is 2.83. The molecule has 0 amide bonds. The van der Waals surface area contributed by atoms with Crippen molar-refractivity contribution >= 4 is 16.7 Å². The van der Waals surface area contributed by atoms with E-state index in [1.165, 1.54) is 0 Å². The second kappa shape index (κ2) is 6.53. The van der Waals surface area contributed by atoms with E-state index in [-0.39, 0.29) is 12.1 Å². The molecule has 4 rings (SSSR count). The van der Waals surface area contributed by atoms with Gasteiger partial charge < -0.3 is 10.1 Å². The Morgan fingerprint density at radius 1 is 1.12 bits per heavy atom. The number of aromatic nitrogens is 3. The number of ether oxygens (including phenoxy) is 1. The number of nitrogens with zero attached hydrogens (tertiary/aromatic N) is 3. The largest absolute Gasteiger partial charge is 0.371 e. The summed E-state index contributed by atoms with van der Waals surface area (Å²) in [6.45, 7) is 2.86. The molecule has 24 heavy (non-hydrogen) atoms. The summed E-state index contributed by atoms with van der Waals surface area (Å²) in [6.07, 6.45) is 7.35. The first kappa shape index (κ1) is 15.0. The Morgan fingerprint density at radius 3 is 2.88 bits per heavy atom. The number of aryl methyl sites for hydroxylation is 1. The molecule has 1 aliphatic heterocycles. The van der Waals surface area contributed by atoms with Crippen molar-refractivity contribution in [1.29, 1.82) is 0 Å². The number of hydrogen-bond acceptors (Lipinski definition) is 5. The summed E-state index contributed by atoms with van der Waals surface area (Å²) < 4.78 is 6.05. The number of fused-ring (bicyclic) bond motifs is 1. The van der Waals surface area contributed by atoms with Crippen molar-refractivity contribution in [3.63, 3.8) is 0 Å². The quantitative estimate of drug-likeness (QED) is 0.798. The molecular formula is C19H20N4O. The molecule has 0 bridgehead atoms. The SMILES string of the molecule is Cc1cccc2c(N[C@H]3CCCO[C@@H]3c3ccncc3)ncnc12. The molecule has 0 spiro atoms. The molecule has 2 aromatic heterocycles. The van der Waals surface area contributed by atoms with Crippen molar-refractivity contribution < 1.29 is 4.74 Å². The topological polar surface area (TPSA) is 59.9 Å². The van der Waals surface area contributed by atoms with Gasteiger partial charge in [-0.1, -0.05) is 12.1 Å². The summed E-state index contributed by atoms with van der Waals surface area (Å²) in [5, 5.41) is 4.66. The number of pyridine rings is 1. The van der Waals surface area contributed by atoms with Gasteiger partial charge in [0.25, 0.3) is 0 Å². The highest BCUT2D eigenvalue weighted by atomic mass is 16.5. The van der Waals surface area contributed by atoms with Crippen LogP contribution in [0.15, 0.2) is 49.1 Å². The molecule has 2 atom stereocenters. The van der Waals surface area contributed by atoms with Crippen molar-refractivity contribution in [3.8, 4) is 0 Å². The molecule has 1 aromatic carbocycles. The van der Waals surface area contributed by atoms with Gasteiger partial charge >= 0.3 is 0 Å². The van der Waals surface area contributed by atoms with E-state index in [9.17, 15) is 0 Å². The minimum Gasteiger partial charge on any atom is -0.371 e. The molecule has 1 saturated heterocycles. The zero-order chi connectivity index (χ0) is 16.4. The Balaban J connectivity index is 1.67.